The summed E-state index contributed by atoms with van der Waals surface area (Å²) in [6.07, 6.45) is 1.06. The van der Waals surface area contributed by atoms with Crippen molar-refractivity contribution >= 4 is 23.3 Å². The second kappa shape index (κ2) is 6.92. The van der Waals surface area contributed by atoms with Gasteiger partial charge in [-0.1, -0.05) is 6.92 Å². The quantitative estimate of drug-likeness (QED) is 0.580. The van der Waals surface area contributed by atoms with E-state index in [1.54, 1.807) is 6.20 Å². The zero-order valence-electron chi connectivity index (χ0n) is 9.84. The fraction of sp³-hybridized carbons (Fsp3) is 0.500. The molecule has 1 rings (SSSR count). The second-order valence-corrected chi connectivity index (χ2v) is 4.69. The number of thiazole rings is 1. The van der Waals surface area contributed by atoms with E-state index in [1.165, 1.54) is 11.3 Å². The second-order valence-electron chi connectivity index (χ2n) is 3.49. The molecule has 0 saturated carbocycles. The molecular formula is C10H15N3O4S. The predicted octanol–water partition coefficient (Wildman–Crippen LogP) is -0.0498. The first-order valence-electron chi connectivity index (χ1n) is 5.39. The van der Waals surface area contributed by atoms with E-state index in [1.807, 2.05) is 6.92 Å². The minimum atomic E-state index is -1.60. The van der Waals surface area contributed by atoms with Crippen molar-refractivity contribution in [2.24, 2.45) is 0 Å². The van der Waals surface area contributed by atoms with E-state index < -0.39 is 18.1 Å². The molecule has 0 radical (unpaired) electrons. The van der Waals surface area contributed by atoms with Gasteiger partial charge in [-0.25, -0.2) is 14.6 Å². The number of hydrogen-bond donors (Lipinski definition) is 4. The van der Waals surface area contributed by atoms with Crippen molar-refractivity contribution in [2.75, 3.05) is 6.54 Å². The van der Waals surface area contributed by atoms with Gasteiger partial charge >= 0.3 is 12.0 Å². The first kappa shape index (κ1) is 14.4. The highest BCUT2D eigenvalue weighted by molar-refractivity contribution is 7.11. The molecule has 7 nitrogen and oxygen atoms in total. The molecule has 2 amide bonds. The number of rotatable bonds is 6. The molecule has 18 heavy (non-hydrogen) atoms. The predicted molar refractivity (Wildman–Crippen MR) is 65.4 cm³/mol. The molecule has 0 saturated heterocycles. The maximum atomic E-state index is 11.3. The lowest BCUT2D eigenvalue weighted by molar-refractivity contribution is -0.146. The Hall–Kier alpha value is -1.67. The van der Waals surface area contributed by atoms with E-state index in [2.05, 4.69) is 15.6 Å². The third kappa shape index (κ3) is 4.68. The average Bonchev–Trinajstić information content (AvgIpc) is 2.81. The number of carbonyl (C=O) groups excluding carboxylic acids is 1. The number of aliphatic hydroxyl groups is 1. The topological polar surface area (TPSA) is 112 Å². The molecule has 8 heteroatoms. The highest BCUT2D eigenvalue weighted by Crippen LogP contribution is 2.12. The Kier molecular flexibility index (Phi) is 5.53. The van der Waals surface area contributed by atoms with Crippen molar-refractivity contribution in [3.63, 3.8) is 0 Å². The Morgan fingerprint density at radius 1 is 1.50 bits per heavy atom. The molecule has 0 aliphatic heterocycles. The van der Waals surface area contributed by atoms with Gasteiger partial charge in [-0.15, -0.1) is 11.3 Å². The number of aromatic nitrogens is 1. The third-order valence-corrected chi connectivity index (χ3v) is 3.23. The number of amides is 2. The van der Waals surface area contributed by atoms with Crippen LogP contribution in [0.2, 0.25) is 0 Å². The molecule has 4 N–H and O–H groups in total. The van der Waals surface area contributed by atoms with Gasteiger partial charge in [0.05, 0.1) is 13.1 Å². The molecule has 1 aromatic heterocycles. The van der Waals surface area contributed by atoms with E-state index in [4.69, 9.17) is 10.2 Å². The number of carboxylic acid groups (broad SMARTS) is 1. The number of carbonyl (C=O) groups is 2. The average molecular weight is 273 g/mol. The molecule has 0 spiro atoms. The summed E-state index contributed by atoms with van der Waals surface area (Å²) in [6.45, 7) is 1.96. The minimum Gasteiger partial charge on any atom is -0.479 e. The summed E-state index contributed by atoms with van der Waals surface area (Å²) in [6, 6.07) is -0.538. The van der Waals surface area contributed by atoms with Crippen LogP contribution in [0.3, 0.4) is 0 Å². The molecule has 100 valence electrons. The van der Waals surface area contributed by atoms with Crippen LogP contribution in [0, 0.1) is 0 Å². The van der Waals surface area contributed by atoms with Gasteiger partial charge in [-0.05, 0) is 6.42 Å². The molecule has 0 aliphatic carbocycles. The lowest BCUT2D eigenvalue weighted by atomic mass is 10.4. The van der Waals surface area contributed by atoms with Crippen LogP contribution in [-0.4, -0.2) is 39.8 Å². The largest absolute Gasteiger partial charge is 0.479 e. The Labute approximate surface area is 108 Å². The number of nitrogens with zero attached hydrogens (tertiary/aromatic N) is 1. The van der Waals surface area contributed by atoms with Crippen molar-refractivity contribution in [1.29, 1.82) is 0 Å². The van der Waals surface area contributed by atoms with E-state index in [9.17, 15) is 9.59 Å². The molecular weight excluding hydrogens is 258 g/mol. The number of aryl methyl sites for hydroxylation is 1. The number of aliphatic hydroxyl groups excluding tert-OH is 1. The van der Waals surface area contributed by atoms with E-state index in [-0.39, 0.29) is 13.1 Å². The first-order valence-corrected chi connectivity index (χ1v) is 6.20. The number of hydrogen-bond acceptors (Lipinski definition) is 5. The van der Waals surface area contributed by atoms with Crippen LogP contribution in [0.4, 0.5) is 4.79 Å². The van der Waals surface area contributed by atoms with E-state index in [0.29, 0.717) is 0 Å². The smallest absolute Gasteiger partial charge is 0.334 e. The summed E-state index contributed by atoms with van der Waals surface area (Å²) in [7, 11) is 0. The Balaban J connectivity index is 2.26. The van der Waals surface area contributed by atoms with Crippen molar-refractivity contribution in [3.8, 4) is 0 Å². The van der Waals surface area contributed by atoms with Gasteiger partial charge in [0.1, 0.15) is 5.01 Å². The van der Waals surface area contributed by atoms with Crippen molar-refractivity contribution in [1.82, 2.24) is 15.6 Å². The number of aliphatic carboxylic acids is 1. The standard InChI is InChI=1S/C10H15N3O4S/c1-2-6-3-11-8(18-6)5-13-10(17)12-4-7(14)9(15)16/h3,7,14H,2,4-5H2,1H3,(H,15,16)(H2,12,13,17)/t7-/m0/s1. The van der Waals surface area contributed by atoms with Crippen LogP contribution in [0.25, 0.3) is 0 Å². The summed E-state index contributed by atoms with van der Waals surface area (Å²) in [4.78, 5) is 26.8. The Bertz CT molecular complexity index is 421. The van der Waals surface area contributed by atoms with Gasteiger partial charge < -0.3 is 20.8 Å². The van der Waals surface area contributed by atoms with Gasteiger partial charge in [-0.2, -0.15) is 0 Å². The molecule has 0 bridgehead atoms. The molecule has 0 unspecified atom stereocenters. The van der Waals surface area contributed by atoms with Gasteiger partial charge in [0, 0.05) is 11.1 Å². The molecule has 0 fully saturated rings. The van der Waals surface area contributed by atoms with E-state index in [0.717, 1.165) is 16.3 Å². The lowest BCUT2D eigenvalue weighted by Crippen LogP contribution is -2.41. The molecule has 1 heterocycles. The third-order valence-electron chi connectivity index (χ3n) is 2.09. The lowest BCUT2D eigenvalue weighted by Gasteiger charge is -2.08. The summed E-state index contributed by atoms with van der Waals surface area (Å²) in [5.74, 6) is -1.37. The zero-order chi connectivity index (χ0) is 13.5. The maximum Gasteiger partial charge on any atom is 0.334 e. The molecule has 0 aromatic carbocycles. The molecule has 0 aliphatic rings. The van der Waals surface area contributed by atoms with Gasteiger partial charge in [0.2, 0.25) is 0 Å². The maximum absolute atomic E-state index is 11.3. The number of carboxylic acids is 1. The monoisotopic (exact) mass is 273 g/mol. The highest BCUT2D eigenvalue weighted by atomic mass is 32.1. The first-order chi connectivity index (χ1) is 8.52. The van der Waals surface area contributed by atoms with E-state index >= 15 is 0 Å². The molecule has 1 aromatic rings. The SMILES string of the molecule is CCc1cnc(CNC(=O)NC[C@H](O)C(=O)O)s1. The fourth-order valence-electron chi connectivity index (χ4n) is 1.09. The number of urea groups is 1. The Morgan fingerprint density at radius 2 is 2.22 bits per heavy atom. The summed E-state index contributed by atoms with van der Waals surface area (Å²) in [5, 5.41) is 22.9. The van der Waals surface area contributed by atoms with Gasteiger partial charge in [0.15, 0.2) is 6.10 Å². The normalized spacial score (nSPS) is 11.9. The van der Waals surface area contributed by atoms with Crippen LogP contribution in [-0.2, 0) is 17.8 Å². The van der Waals surface area contributed by atoms with Crippen LogP contribution in [0.1, 0.15) is 16.8 Å². The molecule has 1 atom stereocenters. The van der Waals surface area contributed by atoms with Gasteiger partial charge in [0.25, 0.3) is 0 Å². The van der Waals surface area contributed by atoms with Crippen LogP contribution >= 0.6 is 11.3 Å². The Morgan fingerprint density at radius 3 is 2.78 bits per heavy atom. The van der Waals surface area contributed by atoms with Crippen molar-refractivity contribution < 1.29 is 19.8 Å². The summed E-state index contributed by atoms with van der Waals surface area (Å²) >= 11 is 1.51. The van der Waals surface area contributed by atoms with Crippen LogP contribution < -0.4 is 10.6 Å². The van der Waals surface area contributed by atoms with Crippen LogP contribution in [0.15, 0.2) is 6.20 Å². The van der Waals surface area contributed by atoms with Crippen molar-refractivity contribution in [3.05, 3.63) is 16.1 Å². The van der Waals surface area contributed by atoms with Crippen LogP contribution in [0.5, 0.6) is 0 Å². The summed E-state index contributed by atoms with van der Waals surface area (Å²) in [5.41, 5.74) is 0. The minimum absolute atomic E-state index is 0.277. The number of nitrogens with one attached hydrogen (secondary N) is 2. The van der Waals surface area contributed by atoms with Gasteiger partial charge in [-0.3, -0.25) is 0 Å². The fourth-order valence-corrected chi connectivity index (χ4v) is 1.89. The zero-order valence-corrected chi connectivity index (χ0v) is 10.7. The van der Waals surface area contributed by atoms with Crippen molar-refractivity contribution in [2.45, 2.75) is 26.0 Å². The highest BCUT2D eigenvalue weighted by Gasteiger charge is 2.13. The summed E-state index contributed by atoms with van der Waals surface area (Å²) < 4.78 is 0.